The zero-order valence-electron chi connectivity index (χ0n) is 13.4. The Hall–Kier alpha value is -1.38. The highest BCUT2D eigenvalue weighted by atomic mass is 16.4. The molecule has 0 aromatic heterocycles. The predicted molar refractivity (Wildman–Crippen MR) is 87.4 cm³/mol. The summed E-state index contributed by atoms with van der Waals surface area (Å²) in [4.78, 5) is 21.8. The minimum atomic E-state index is -0.709. The van der Waals surface area contributed by atoms with E-state index in [4.69, 9.17) is 5.11 Å². The van der Waals surface area contributed by atoms with E-state index in [1.807, 2.05) is 12.2 Å². The van der Waals surface area contributed by atoms with Crippen LogP contribution in [0, 0.1) is 0 Å². The molecule has 21 heavy (non-hydrogen) atoms. The van der Waals surface area contributed by atoms with Gasteiger partial charge in [-0.15, -0.1) is 0 Å². The smallest absolute Gasteiger partial charge is 0.303 e. The molecule has 3 heteroatoms. The number of carbonyl (C=O) groups is 2. The van der Waals surface area contributed by atoms with Gasteiger partial charge in [0.15, 0.2) is 5.78 Å². The topological polar surface area (TPSA) is 54.4 Å². The van der Waals surface area contributed by atoms with Crippen LogP contribution < -0.4 is 0 Å². The van der Waals surface area contributed by atoms with Gasteiger partial charge >= 0.3 is 5.97 Å². The van der Waals surface area contributed by atoms with Crippen LogP contribution in [0.4, 0.5) is 0 Å². The first kappa shape index (κ1) is 19.6. The van der Waals surface area contributed by atoms with Crippen LogP contribution in [0.5, 0.6) is 0 Å². The van der Waals surface area contributed by atoms with Crippen molar-refractivity contribution in [1.82, 2.24) is 0 Å². The highest BCUT2D eigenvalue weighted by Crippen LogP contribution is 2.07. The molecule has 1 N–H and O–H groups in total. The van der Waals surface area contributed by atoms with Crippen molar-refractivity contribution in [2.24, 2.45) is 0 Å². The summed E-state index contributed by atoms with van der Waals surface area (Å²) in [7, 11) is 0. The summed E-state index contributed by atoms with van der Waals surface area (Å²) in [6.07, 6.45) is 18.0. The molecule has 0 aliphatic heterocycles. The van der Waals surface area contributed by atoms with Crippen LogP contribution in [0.15, 0.2) is 24.3 Å². The normalized spacial score (nSPS) is 11.5. The number of aliphatic carboxylic acids is 1. The van der Waals surface area contributed by atoms with Crippen molar-refractivity contribution in [3.05, 3.63) is 24.3 Å². The van der Waals surface area contributed by atoms with Gasteiger partial charge in [0.1, 0.15) is 0 Å². The van der Waals surface area contributed by atoms with Crippen LogP contribution >= 0.6 is 0 Å². The van der Waals surface area contributed by atoms with Crippen molar-refractivity contribution in [2.45, 2.75) is 77.6 Å². The van der Waals surface area contributed by atoms with E-state index in [9.17, 15) is 9.59 Å². The molecule has 0 unspecified atom stereocenters. The number of carboxylic acid groups (broad SMARTS) is 1. The molecule has 0 aliphatic carbocycles. The first-order valence-corrected chi connectivity index (χ1v) is 8.25. The van der Waals surface area contributed by atoms with Gasteiger partial charge in [0.2, 0.25) is 0 Å². The SMILES string of the molecule is CCCCCC=CC(=O)C=CCCCCCCCC(=O)O. The predicted octanol–water partition coefficient (Wildman–Crippen LogP) is 5.06. The van der Waals surface area contributed by atoms with E-state index in [1.54, 1.807) is 12.2 Å². The number of hydrogen-bond donors (Lipinski definition) is 1. The Labute approximate surface area is 129 Å². The second-order valence-corrected chi connectivity index (χ2v) is 5.40. The van der Waals surface area contributed by atoms with Crippen LogP contribution in [0.25, 0.3) is 0 Å². The lowest BCUT2D eigenvalue weighted by atomic mass is 10.1. The zero-order chi connectivity index (χ0) is 15.8. The van der Waals surface area contributed by atoms with Crippen molar-refractivity contribution in [2.75, 3.05) is 0 Å². The van der Waals surface area contributed by atoms with Gasteiger partial charge in [-0.1, -0.05) is 51.2 Å². The second kappa shape index (κ2) is 15.0. The maximum absolute atomic E-state index is 11.5. The molecule has 0 aromatic rings. The Morgan fingerprint density at radius 3 is 1.90 bits per heavy atom. The maximum atomic E-state index is 11.5. The van der Waals surface area contributed by atoms with E-state index in [0.29, 0.717) is 0 Å². The Kier molecular flexibility index (Phi) is 14.0. The third-order valence-corrected chi connectivity index (χ3v) is 3.30. The fourth-order valence-corrected chi connectivity index (χ4v) is 2.04. The van der Waals surface area contributed by atoms with Gasteiger partial charge in [-0.05, 0) is 44.3 Å². The van der Waals surface area contributed by atoms with Crippen molar-refractivity contribution in [1.29, 1.82) is 0 Å². The molecule has 120 valence electrons. The number of rotatable bonds is 14. The second-order valence-electron chi connectivity index (χ2n) is 5.40. The molecule has 0 amide bonds. The van der Waals surface area contributed by atoms with Gasteiger partial charge in [-0.3, -0.25) is 9.59 Å². The highest BCUT2D eigenvalue weighted by molar-refractivity contribution is 5.99. The largest absolute Gasteiger partial charge is 0.481 e. The molecule has 0 spiro atoms. The molecular weight excluding hydrogens is 264 g/mol. The van der Waals surface area contributed by atoms with E-state index in [0.717, 1.165) is 51.4 Å². The molecule has 0 saturated carbocycles. The van der Waals surface area contributed by atoms with Crippen LogP contribution in [-0.4, -0.2) is 16.9 Å². The molecule has 0 saturated heterocycles. The van der Waals surface area contributed by atoms with Gasteiger partial charge in [0.25, 0.3) is 0 Å². The average molecular weight is 294 g/mol. The Balaban J connectivity index is 3.41. The number of hydrogen-bond acceptors (Lipinski definition) is 2. The number of allylic oxidation sites excluding steroid dienone is 4. The molecule has 0 fully saturated rings. The first-order chi connectivity index (χ1) is 10.2. The summed E-state index contributed by atoms with van der Waals surface area (Å²) in [5, 5.41) is 8.50. The zero-order valence-corrected chi connectivity index (χ0v) is 13.4. The minimum absolute atomic E-state index is 0.0768. The quantitative estimate of drug-likeness (QED) is 0.360. The first-order valence-electron chi connectivity index (χ1n) is 8.25. The number of carboxylic acids is 1. The highest BCUT2D eigenvalue weighted by Gasteiger charge is 1.96. The summed E-state index contributed by atoms with van der Waals surface area (Å²) < 4.78 is 0. The minimum Gasteiger partial charge on any atom is -0.481 e. The van der Waals surface area contributed by atoms with Crippen LogP contribution in [0.3, 0.4) is 0 Å². The molecule has 0 rings (SSSR count). The summed E-state index contributed by atoms with van der Waals surface area (Å²) >= 11 is 0. The van der Waals surface area contributed by atoms with Gasteiger partial charge in [-0.25, -0.2) is 0 Å². The Morgan fingerprint density at radius 1 is 0.810 bits per heavy atom. The van der Waals surface area contributed by atoms with Crippen LogP contribution in [-0.2, 0) is 9.59 Å². The monoisotopic (exact) mass is 294 g/mol. The molecule has 3 nitrogen and oxygen atoms in total. The number of ketones is 1. The molecule has 0 heterocycles. The summed E-state index contributed by atoms with van der Waals surface area (Å²) in [6.45, 7) is 2.17. The van der Waals surface area contributed by atoms with Crippen molar-refractivity contribution < 1.29 is 14.7 Å². The van der Waals surface area contributed by atoms with E-state index in [1.165, 1.54) is 12.8 Å². The lowest BCUT2D eigenvalue weighted by molar-refractivity contribution is -0.137. The standard InChI is InChI=1S/C18H30O3/c1-2-3-4-8-11-14-17(19)15-12-9-6-5-7-10-13-16-18(20)21/h11-12,14-15H,2-10,13,16H2,1H3,(H,20,21). The fraction of sp³-hybridized carbons (Fsp3) is 0.667. The summed E-state index contributed by atoms with van der Waals surface area (Å²) in [6, 6.07) is 0. The van der Waals surface area contributed by atoms with E-state index < -0.39 is 5.97 Å². The van der Waals surface area contributed by atoms with E-state index in [2.05, 4.69) is 6.92 Å². The fourth-order valence-electron chi connectivity index (χ4n) is 2.04. The van der Waals surface area contributed by atoms with Gasteiger partial charge in [0, 0.05) is 6.42 Å². The Morgan fingerprint density at radius 2 is 1.33 bits per heavy atom. The molecule has 0 aromatic carbocycles. The third kappa shape index (κ3) is 16.6. The lowest BCUT2D eigenvalue weighted by Gasteiger charge is -1.98. The van der Waals surface area contributed by atoms with Gasteiger partial charge in [-0.2, -0.15) is 0 Å². The number of carbonyl (C=O) groups excluding carboxylic acids is 1. The van der Waals surface area contributed by atoms with Gasteiger partial charge in [0.05, 0.1) is 0 Å². The molecule has 0 aliphatic rings. The van der Waals surface area contributed by atoms with E-state index >= 15 is 0 Å². The maximum Gasteiger partial charge on any atom is 0.303 e. The van der Waals surface area contributed by atoms with Crippen LogP contribution in [0.2, 0.25) is 0 Å². The molecule has 0 atom stereocenters. The van der Waals surface area contributed by atoms with E-state index in [-0.39, 0.29) is 12.2 Å². The third-order valence-electron chi connectivity index (χ3n) is 3.30. The summed E-state index contributed by atoms with van der Waals surface area (Å²) in [5.41, 5.74) is 0. The van der Waals surface area contributed by atoms with Crippen molar-refractivity contribution in [3.8, 4) is 0 Å². The average Bonchev–Trinajstić information content (AvgIpc) is 2.45. The molecule has 0 bridgehead atoms. The molecule has 0 radical (unpaired) electrons. The van der Waals surface area contributed by atoms with Crippen LogP contribution in [0.1, 0.15) is 77.6 Å². The van der Waals surface area contributed by atoms with Gasteiger partial charge < -0.3 is 5.11 Å². The Bertz CT molecular complexity index is 329. The lowest BCUT2D eigenvalue weighted by Crippen LogP contribution is -1.93. The van der Waals surface area contributed by atoms with Crippen molar-refractivity contribution in [3.63, 3.8) is 0 Å². The number of unbranched alkanes of at least 4 members (excludes halogenated alkanes) is 8. The van der Waals surface area contributed by atoms with Crippen molar-refractivity contribution >= 4 is 11.8 Å². The summed E-state index contributed by atoms with van der Waals surface area (Å²) in [5.74, 6) is -0.632. The molecular formula is C18H30O3.